The number of nitrogens with zero attached hydrogens (tertiary/aromatic N) is 3. The van der Waals surface area contributed by atoms with Gasteiger partial charge in [0, 0.05) is 18.9 Å². The summed E-state index contributed by atoms with van der Waals surface area (Å²) in [4.78, 5) is 19.6. The molecule has 108 valence electrons. The lowest BCUT2D eigenvalue weighted by molar-refractivity contribution is 0.0924. The maximum absolute atomic E-state index is 12.4. The molecule has 2 heterocycles. The summed E-state index contributed by atoms with van der Waals surface area (Å²) in [5.41, 5.74) is 7.46. The van der Waals surface area contributed by atoms with Crippen LogP contribution < -0.4 is 11.1 Å². The topological polar surface area (TPSA) is 102 Å². The summed E-state index contributed by atoms with van der Waals surface area (Å²) in [5, 5.41) is 7.19. The van der Waals surface area contributed by atoms with Crippen molar-refractivity contribution in [1.82, 2.24) is 25.1 Å². The third-order valence-corrected chi connectivity index (χ3v) is 3.25. The Labute approximate surface area is 117 Å². The van der Waals surface area contributed by atoms with E-state index in [-0.39, 0.29) is 11.9 Å². The van der Waals surface area contributed by atoms with E-state index in [0.29, 0.717) is 23.6 Å². The molecule has 0 aliphatic heterocycles. The van der Waals surface area contributed by atoms with Crippen molar-refractivity contribution in [3.8, 4) is 0 Å². The molecule has 2 aromatic heterocycles. The van der Waals surface area contributed by atoms with Gasteiger partial charge in [-0.2, -0.15) is 5.10 Å². The fraction of sp³-hybridized carbons (Fsp3) is 0.462. The van der Waals surface area contributed by atoms with Crippen LogP contribution in [0.4, 0.5) is 5.69 Å². The van der Waals surface area contributed by atoms with Crippen molar-refractivity contribution in [2.45, 2.75) is 39.8 Å². The highest BCUT2D eigenvalue weighted by Gasteiger charge is 2.22. The van der Waals surface area contributed by atoms with Crippen LogP contribution in [0.25, 0.3) is 0 Å². The molecule has 0 aliphatic carbocycles. The van der Waals surface area contributed by atoms with Gasteiger partial charge in [-0.3, -0.25) is 9.48 Å². The SMILES string of the molecule is CCC(NC(=O)c1c(N)c(C)nn1CC)c1ncc[nH]1. The number of hydrogen-bond acceptors (Lipinski definition) is 4. The van der Waals surface area contributed by atoms with Crippen LogP contribution >= 0.6 is 0 Å². The lowest BCUT2D eigenvalue weighted by Gasteiger charge is -2.15. The highest BCUT2D eigenvalue weighted by atomic mass is 16.2. The van der Waals surface area contributed by atoms with E-state index in [0.717, 1.165) is 12.2 Å². The van der Waals surface area contributed by atoms with Crippen LogP contribution in [0.15, 0.2) is 12.4 Å². The van der Waals surface area contributed by atoms with E-state index in [4.69, 9.17) is 5.73 Å². The summed E-state index contributed by atoms with van der Waals surface area (Å²) in [6.45, 7) is 6.30. The number of H-pyrrole nitrogens is 1. The summed E-state index contributed by atoms with van der Waals surface area (Å²) < 4.78 is 1.62. The van der Waals surface area contributed by atoms with Crippen LogP contribution in [0.1, 0.15) is 48.3 Å². The summed E-state index contributed by atoms with van der Waals surface area (Å²) >= 11 is 0. The molecule has 1 amide bonds. The molecule has 2 aromatic rings. The molecule has 1 unspecified atom stereocenters. The first-order valence-corrected chi connectivity index (χ1v) is 6.71. The Hall–Kier alpha value is -2.31. The molecule has 1 atom stereocenters. The fourth-order valence-electron chi connectivity index (χ4n) is 2.12. The molecule has 0 saturated heterocycles. The van der Waals surface area contributed by atoms with Gasteiger partial charge in [-0.1, -0.05) is 6.92 Å². The highest BCUT2D eigenvalue weighted by molar-refractivity contribution is 5.98. The molecule has 2 rings (SSSR count). The monoisotopic (exact) mass is 276 g/mol. The quantitative estimate of drug-likeness (QED) is 0.768. The van der Waals surface area contributed by atoms with E-state index in [1.807, 2.05) is 13.8 Å². The molecule has 20 heavy (non-hydrogen) atoms. The van der Waals surface area contributed by atoms with Gasteiger partial charge in [0.25, 0.3) is 5.91 Å². The van der Waals surface area contributed by atoms with Crippen molar-refractivity contribution in [2.75, 3.05) is 5.73 Å². The summed E-state index contributed by atoms with van der Waals surface area (Å²) in [6, 6.07) is -0.169. The Kier molecular flexibility index (Phi) is 4.07. The molecular weight excluding hydrogens is 256 g/mol. The third-order valence-electron chi connectivity index (χ3n) is 3.25. The number of imidazole rings is 1. The zero-order chi connectivity index (χ0) is 14.7. The minimum absolute atomic E-state index is 0.169. The van der Waals surface area contributed by atoms with Crippen LogP contribution in [-0.4, -0.2) is 25.7 Å². The second kappa shape index (κ2) is 5.77. The molecule has 4 N–H and O–H groups in total. The van der Waals surface area contributed by atoms with Crippen LogP contribution in [0.2, 0.25) is 0 Å². The summed E-state index contributed by atoms with van der Waals surface area (Å²) in [6.07, 6.45) is 4.14. The van der Waals surface area contributed by atoms with Gasteiger partial charge in [-0.25, -0.2) is 4.98 Å². The highest BCUT2D eigenvalue weighted by Crippen LogP contribution is 2.18. The minimum Gasteiger partial charge on any atom is -0.395 e. The van der Waals surface area contributed by atoms with E-state index in [2.05, 4.69) is 20.4 Å². The Morgan fingerprint density at radius 1 is 1.55 bits per heavy atom. The standard InChI is InChI=1S/C13H20N6O/c1-4-9(12-15-6-7-16-12)17-13(20)11-10(14)8(3)18-19(11)5-2/h6-7,9H,4-5,14H2,1-3H3,(H,15,16)(H,17,20). The lowest BCUT2D eigenvalue weighted by atomic mass is 10.2. The lowest BCUT2D eigenvalue weighted by Crippen LogP contribution is -2.31. The first-order chi connectivity index (χ1) is 9.58. The molecule has 7 heteroatoms. The second-order valence-electron chi connectivity index (χ2n) is 4.57. The van der Waals surface area contributed by atoms with Crippen molar-refractivity contribution in [3.63, 3.8) is 0 Å². The van der Waals surface area contributed by atoms with E-state index >= 15 is 0 Å². The maximum atomic E-state index is 12.4. The zero-order valence-corrected chi connectivity index (χ0v) is 12.0. The average molecular weight is 276 g/mol. The van der Waals surface area contributed by atoms with Crippen LogP contribution in [-0.2, 0) is 6.54 Å². The van der Waals surface area contributed by atoms with Crippen molar-refractivity contribution < 1.29 is 4.79 Å². The fourth-order valence-corrected chi connectivity index (χ4v) is 2.12. The van der Waals surface area contributed by atoms with Crippen molar-refractivity contribution >= 4 is 11.6 Å². The van der Waals surface area contributed by atoms with E-state index in [1.165, 1.54) is 0 Å². The summed E-state index contributed by atoms with van der Waals surface area (Å²) in [5.74, 6) is 0.506. The van der Waals surface area contributed by atoms with Crippen LogP contribution in [0.5, 0.6) is 0 Å². The van der Waals surface area contributed by atoms with Crippen LogP contribution in [0, 0.1) is 6.92 Å². The largest absolute Gasteiger partial charge is 0.395 e. The number of anilines is 1. The predicted octanol–water partition coefficient (Wildman–Crippen LogP) is 1.40. The van der Waals surface area contributed by atoms with E-state index < -0.39 is 0 Å². The van der Waals surface area contributed by atoms with Gasteiger partial charge in [0.05, 0.1) is 17.4 Å². The van der Waals surface area contributed by atoms with E-state index in [9.17, 15) is 4.79 Å². The second-order valence-corrected chi connectivity index (χ2v) is 4.57. The van der Waals surface area contributed by atoms with Gasteiger partial charge >= 0.3 is 0 Å². The first kappa shape index (κ1) is 14.1. The van der Waals surface area contributed by atoms with E-state index in [1.54, 1.807) is 24.0 Å². The number of nitrogen functional groups attached to an aromatic ring is 1. The first-order valence-electron chi connectivity index (χ1n) is 6.71. The number of carbonyl (C=O) groups excluding carboxylic acids is 1. The molecule has 0 saturated carbocycles. The molecule has 0 spiro atoms. The number of aryl methyl sites for hydroxylation is 2. The maximum Gasteiger partial charge on any atom is 0.272 e. The molecule has 7 nitrogen and oxygen atoms in total. The van der Waals surface area contributed by atoms with Gasteiger partial charge in [-0.05, 0) is 20.3 Å². The van der Waals surface area contributed by atoms with Gasteiger partial charge in [0.15, 0.2) is 0 Å². The van der Waals surface area contributed by atoms with Gasteiger partial charge in [0.2, 0.25) is 0 Å². The average Bonchev–Trinajstić information content (AvgIpc) is 3.05. The number of hydrogen-bond donors (Lipinski definition) is 3. The molecule has 0 aliphatic rings. The number of aromatic amines is 1. The molecule has 0 bridgehead atoms. The Morgan fingerprint density at radius 2 is 2.30 bits per heavy atom. The Balaban J connectivity index is 2.24. The molecule has 0 aromatic carbocycles. The van der Waals surface area contributed by atoms with Crippen molar-refractivity contribution in [3.05, 3.63) is 29.6 Å². The summed E-state index contributed by atoms with van der Waals surface area (Å²) in [7, 11) is 0. The van der Waals surface area contributed by atoms with Gasteiger partial charge in [0.1, 0.15) is 11.5 Å². The Bertz CT molecular complexity index is 586. The molecule has 0 fully saturated rings. The molecule has 0 radical (unpaired) electrons. The number of aromatic nitrogens is 4. The number of rotatable bonds is 5. The van der Waals surface area contributed by atoms with Gasteiger partial charge < -0.3 is 16.0 Å². The van der Waals surface area contributed by atoms with Crippen molar-refractivity contribution in [1.29, 1.82) is 0 Å². The normalized spacial score (nSPS) is 12.3. The number of amides is 1. The zero-order valence-electron chi connectivity index (χ0n) is 12.0. The number of nitrogens with two attached hydrogens (primary N) is 1. The van der Waals surface area contributed by atoms with Crippen molar-refractivity contribution in [2.24, 2.45) is 0 Å². The predicted molar refractivity (Wildman–Crippen MR) is 76.1 cm³/mol. The smallest absolute Gasteiger partial charge is 0.272 e. The van der Waals surface area contributed by atoms with Crippen LogP contribution in [0.3, 0.4) is 0 Å². The third kappa shape index (κ3) is 2.52. The molecular formula is C13H20N6O. The van der Waals surface area contributed by atoms with Gasteiger partial charge in [-0.15, -0.1) is 0 Å². The number of carbonyl (C=O) groups is 1. The Morgan fingerprint density at radius 3 is 2.85 bits per heavy atom. The number of nitrogens with one attached hydrogen (secondary N) is 2. The minimum atomic E-state index is -0.229.